The van der Waals surface area contributed by atoms with E-state index in [0.717, 1.165) is 49.7 Å². The van der Waals surface area contributed by atoms with Gasteiger partial charge in [0, 0.05) is 33.2 Å². The van der Waals surface area contributed by atoms with Crippen LogP contribution in [0.3, 0.4) is 0 Å². The van der Waals surface area contributed by atoms with Crippen molar-refractivity contribution < 1.29 is 0 Å². The van der Waals surface area contributed by atoms with Crippen molar-refractivity contribution in [3.8, 4) is 69.2 Å². The Labute approximate surface area is 281 Å². The van der Waals surface area contributed by atoms with E-state index in [4.69, 9.17) is 15.0 Å². The van der Waals surface area contributed by atoms with Gasteiger partial charge in [-0.15, -0.1) is 0 Å². The van der Waals surface area contributed by atoms with Crippen molar-refractivity contribution in [1.29, 1.82) is 15.8 Å². The number of benzene rings is 6. The molecule has 0 saturated heterocycles. The van der Waals surface area contributed by atoms with Gasteiger partial charge in [-0.2, -0.15) is 15.8 Å². The molecule has 7 heteroatoms. The van der Waals surface area contributed by atoms with Crippen LogP contribution in [0.5, 0.6) is 0 Å². The van der Waals surface area contributed by atoms with Crippen LogP contribution in [0.4, 0.5) is 0 Å². The minimum atomic E-state index is 0.402. The summed E-state index contributed by atoms with van der Waals surface area (Å²) in [6.07, 6.45) is 0. The number of para-hydroxylation sites is 1. The Morgan fingerprint density at radius 3 is 1.73 bits per heavy atom. The van der Waals surface area contributed by atoms with E-state index in [2.05, 4.69) is 41.0 Å². The van der Waals surface area contributed by atoms with E-state index in [0.29, 0.717) is 39.7 Å². The highest BCUT2D eigenvalue weighted by atomic mass is 15.0. The van der Waals surface area contributed by atoms with Crippen LogP contribution >= 0.6 is 0 Å². The lowest BCUT2D eigenvalue weighted by molar-refractivity contribution is 1.07. The maximum atomic E-state index is 10.3. The fourth-order valence-corrected chi connectivity index (χ4v) is 6.26. The zero-order valence-corrected chi connectivity index (χ0v) is 25.9. The summed E-state index contributed by atoms with van der Waals surface area (Å²) in [6.45, 7) is 0. The van der Waals surface area contributed by atoms with Crippen LogP contribution in [0.2, 0.25) is 0 Å². The van der Waals surface area contributed by atoms with Crippen molar-refractivity contribution in [3.63, 3.8) is 0 Å². The average molecular weight is 626 g/mol. The summed E-state index contributed by atoms with van der Waals surface area (Å²) < 4.78 is 2.17. The van der Waals surface area contributed by atoms with Crippen LogP contribution in [-0.2, 0) is 0 Å². The van der Waals surface area contributed by atoms with Crippen LogP contribution in [0.15, 0.2) is 140 Å². The molecule has 0 atom stereocenters. The molecule has 0 aliphatic carbocycles. The highest BCUT2D eigenvalue weighted by Crippen LogP contribution is 2.37. The topological polar surface area (TPSA) is 115 Å². The van der Waals surface area contributed by atoms with E-state index in [9.17, 15) is 15.8 Å². The summed E-state index contributed by atoms with van der Waals surface area (Å²) in [5.74, 6) is 1.43. The SMILES string of the molecule is N#Cc1ccc(-c2ccc3c(c2)c2ccccc2n3-c2ccc(C#N)c(-c3nc(-c4ccccc4)nc(-c4ccccc4)n3)c2)c(C#N)c1. The van der Waals surface area contributed by atoms with Gasteiger partial charge in [-0.1, -0.05) is 91.0 Å². The number of nitriles is 3. The summed E-state index contributed by atoms with van der Waals surface area (Å²) in [6, 6.07) is 51.4. The molecule has 2 aromatic heterocycles. The molecule has 7 nitrogen and oxygen atoms in total. The van der Waals surface area contributed by atoms with Crippen molar-refractivity contribution in [2.75, 3.05) is 0 Å². The zero-order valence-electron chi connectivity index (χ0n) is 25.9. The largest absolute Gasteiger partial charge is 0.309 e. The lowest BCUT2D eigenvalue weighted by atomic mass is 9.97. The van der Waals surface area contributed by atoms with Gasteiger partial charge in [0.1, 0.15) is 0 Å². The van der Waals surface area contributed by atoms with Gasteiger partial charge < -0.3 is 4.57 Å². The number of rotatable bonds is 5. The van der Waals surface area contributed by atoms with E-state index in [1.807, 2.05) is 109 Å². The fourth-order valence-electron chi connectivity index (χ4n) is 6.26. The molecule has 0 fully saturated rings. The van der Waals surface area contributed by atoms with E-state index < -0.39 is 0 Å². The highest BCUT2D eigenvalue weighted by Gasteiger charge is 2.19. The Morgan fingerprint density at radius 2 is 1.06 bits per heavy atom. The van der Waals surface area contributed by atoms with Crippen molar-refractivity contribution in [2.24, 2.45) is 0 Å². The molecule has 8 rings (SSSR count). The minimum absolute atomic E-state index is 0.402. The first-order valence-corrected chi connectivity index (χ1v) is 15.5. The van der Waals surface area contributed by atoms with E-state index in [1.165, 1.54) is 0 Å². The Kier molecular flexibility index (Phi) is 7.16. The van der Waals surface area contributed by atoms with Gasteiger partial charge in [-0.3, -0.25) is 0 Å². The monoisotopic (exact) mass is 625 g/mol. The molecule has 0 unspecified atom stereocenters. The third-order valence-corrected chi connectivity index (χ3v) is 8.57. The summed E-state index contributed by atoms with van der Waals surface area (Å²) in [7, 11) is 0. The molecule has 0 saturated carbocycles. The first kappa shape index (κ1) is 29.0. The molecule has 6 aromatic carbocycles. The van der Waals surface area contributed by atoms with Gasteiger partial charge in [0.05, 0.1) is 45.9 Å². The second kappa shape index (κ2) is 12.1. The molecule has 0 radical (unpaired) electrons. The summed E-state index contributed by atoms with van der Waals surface area (Å²) >= 11 is 0. The first-order chi connectivity index (χ1) is 24.1. The summed E-state index contributed by atoms with van der Waals surface area (Å²) in [4.78, 5) is 14.6. The van der Waals surface area contributed by atoms with Crippen molar-refractivity contribution >= 4 is 21.8 Å². The average Bonchev–Trinajstić information content (AvgIpc) is 3.51. The Hall–Kier alpha value is -7.40. The number of hydrogen-bond acceptors (Lipinski definition) is 6. The fraction of sp³-hybridized carbons (Fsp3) is 0. The minimum Gasteiger partial charge on any atom is -0.309 e. The number of aromatic nitrogens is 4. The van der Waals surface area contributed by atoms with Gasteiger partial charge in [0.15, 0.2) is 17.5 Å². The number of fused-ring (bicyclic) bond motifs is 3. The molecule has 226 valence electrons. The van der Waals surface area contributed by atoms with Crippen LogP contribution in [0.1, 0.15) is 16.7 Å². The van der Waals surface area contributed by atoms with Gasteiger partial charge in [-0.05, 0) is 59.7 Å². The molecular weight excluding hydrogens is 603 g/mol. The predicted octanol–water partition coefficient (Wildman–Crippen LogP) is 9.25. The molecule has 0 spiro atoms. The van der Waals surface area contributed by atoms with E-state index in [1.54, 1.807) is 12.1 Å². The van der Waals surface area contributed by atoms with E-state index >= 15 is 0 Å². The molecule has 2 heterocycles. The highest BCUT2D eigenvalue weighted by molar-refractivity contribution is 6.10. The third kappa shape index (κ3) is 5.13. The molecule has 0 aliphatic heterocycles. The smallest absolute Gasteiger partial charge is 0.165 e. The Bertz CT molecular complexity index is 2630. The van der Waals surface area contributed by atoms with Crippen molar-refractivity contribution in [3.05, 3.63) is 156 Å². The first-order valence-electron chi connectivity index (χ1n) is 15.5. The van der Waals surface area contributed by atoms with Crippen LogP contribution in [-0.4, -0.2) is 19.5 Å². The zero-order chi connectivity index (χ0) is 33.3. The number of nitrogens with zero attached hydrogens (tertiary/aromatic N) is 7. The summed E-state index contributed by atoms with van der Waals surface area (Å²) in [5.41, 5.74) is 8.04. The molecule has 0 amide bonds. The summed E-state index contributed by atoms with van der Waals surface area (Å²) in [5, 5.41) is 31.5. The van der Waals surface area contributed by atoms with Gasteiger partial charge >= 0.3 is 0 Å². The molecule has 49 heavy (non-hydrogen) atoms. The Morgan fingerprint density at radius 1 is 0.429 bits per heavy atom. The van der Waals surface area contributed by atoms with E-state index in [-0.39, 0.29) is 0 Å². The van der Waals surface area contributed by atoms with Gasteiger partial charge in [0.2, 0.25) is 0 Å². The molecule has 0 N–H and O–H groups in total. The van der Waals surface area contributed by atoms with Crippen molar-refractivity contribution in [1.82, 2.24) is 19.5 Å². The second-order valence-electron chi connectivity index (χ2n) is 11.4. The third-order valence-electron chi connectivity index (χ3n) is 8.57. The van der Waals surface area contributed by atoms with Crippen molar-refractivity contribution in [2.45, 2.75) is 0 Å². The maximum Gasteiger partial charge on any atom is 0.165 e. The maximum absolute atomic E-state index is 10.3. The standard InChI is InChI=1S/C42H23N7/c43-24-27-15-19-34(32(21-27)26-45)30-17-20-39-37(22-30)35-13-7-8-14-38(35)49(39)33-18-16-31(25-44)36(23-33)42-47-40(28-9-3-1-4-10-28)46-41(48-42)29-11-5-2-6-12-29/h1-23H. The molecule has 8 aromatic rings. The number of hydrogen-bond donors (Lipinski definition) is 0. The predicted molar refractivity (Wildman–Crippen MR) is 190 cm³/mol. The molecular formula is C42H23N7. The molecule has 0 bridgehead atoms. The Balaban J connectivity index is 1.34. The van der Waals surface area contributed by atoms with Crippen LogP contribution in [0.25, 0.3) is 72.8 Å². The normalized spacial score (nSPS) is 10.8. The lowest BCUT2D eigenvalue weighted by Crippen LogP contribution is -2.02. The van der Waals surface area contributed by atoms with Crippen LogP contribution in [0, 0.1) is 34.0 Å². The van der Waals surface area contributed by atoms with Crippen LogP contribution < -0.4 is 0 Å². The van der Waals surface area contributed by atoms with Gasteiger partial charge in [0.25, 0.3) is 0 Å². The second-order valence-corrected chi connectivity index (χ2v) is 11.4. The lowest BCUT2D eigenvalue weighted by Gasteiger charge is -2.13. The molecule has 0 aliphatic rings. The quantitative estimate of drug-likeness (QED) is 0.188. The van der Waals surface area contributed by atoms with Gasteiger partial charge in [-0.25, -0.2) is 15.0 Å².